The van der Waals surface area contributed by atoms with Gasteiger partial charge in [-0.3, -0.25) is 0 Å². The van der Waals surface area contributed by atoms with Gasteiger partial charge in [0, 0.05) is 12.0 Å². The summed E-state index contributed by atoms with van der Waals surface area (Å²) in [5.41, 5.74) is 8.59. The van der Waals surface area contributed by atoms with Crippen LogP contribution in [0.15, 0.2) is 22.6 Å². The van der Waals surface area contributed by atoms with Crippen LogP contribution in [-0.4, -0.2) is 12.1 Å². The minimum atomic E-state index is 0.200. The Morgan fingerprint density at radius 3 is 2.67 bits per heavy atom. The fourth-order valence-electron chi connectivity index (χ4n) is 1.98. The van der Waals surface area contributed by atoms with Crippen molar-refractivity contribution in [3.05, 3.63) is 29.5 Å². The van der Waals surface area contributed by atoms with Crippen LogP contribution in [0.3, 0.4) is 0 Å². The quantitative estimate of drug-likeness (QED) is 0.900. The van der Waals surface area contributed by atoms with Crippen LogP contribution in [0.2, 0.25) is 0 Å². The van der Waals surface area contributed by atoms with Gasteiger partial charge >= 0.3 is 0 Å². The highest BCUT2D eigenvalue weighted by Crippen LogP contribution is 2.34. The summed E-state index contributed by atoms with van der Waals surface area (Å²) in [5, 5.41) is 0. The summed E-state index contributed by atoms with van der Waals surface area (Å²) >= 11 is 0. The molecule has 0 aliphatic heterocycles. The molecule has 0 amide bonds. The molecule has 4 heteroatoms. The third-order valence-electron chi connectivity index (χ3n) is 2.96. The molecule has 0 atom stereocenters. The van der Waals surface area contributed by atoms with Crippen LogP contribution < -0.4 is 10.5 Å². The number of hydrogen-bond acceptors (Lipinski definition) is 4. The van der Waals surface area contributed by atoms with Crippen molar-refractivity contribution in [1.82, 2.24) is 4.98 Å². The summed E-state index contributed by atoms with van der Waals surface area (Å²) in [6.07, 6.45) is 1.71. The van der Waals surface area contributed by atoms with E-state index < -0.39 is 0 Å². The molecule has 2 aromatic rings. The Labute approximate surface area is 107 Å². The average Bonchev–Trinajstić information content (AvgIpc) is 2.79. The van der Waals surface area contributed by atoms with Crippen LogP contribution in [0.5, 0.6) is 5.75 Å². The summed E-state index contributed by atoms with van der Waals surface area (Å²) < 4.78 is 10.8. The lowest BCUT2D eigenvalue weighted by Gasteiger charge is -2.08. The molecule has 4 nitrogen and oxygen atoms in total. The molecule has 0 spiro atoms. The molecule has 0 radical (unpaired) electrons. The van der Waals surface area contributed by atoms with E-state index in [4.69, 9.17) is 14.9 Å². The van der Waals surface area contributed by atoms with Gasteiger partial charge in [0.1, 0.15) is 17.2 Å². The fraction of sp³-hybridized carbons (Fsp3) is 0.357. The van der Waals surface area contributed by atoms with Gasteiger partial charge in [0.15, 0.2) is 0 Å². The molecular weight excluding hydrogens is 228 g/mol. The third-order valence-corrected chi connectivity index (χ3v) is 2.96. The average molecular weight is 246 g/mol. The molecule has 1 heterocycles. The molecule has 1 aromatic carbocycles. The lowest BCUT2D eigenvalue weighted by Crippen LogP contribution is -1.93. The Kier molecular flexibility index (Phi) is 3.55. The van der Waals surface area contributed by atoms with Crippen molar-refractivity contribution in [2.24, 2.45) is 0 Å². The maximum atomic E-state index is 5.64. The van der Waals surface area contributed by atoms with E-state index in [1.54, 1.807) is 7.11 Å². The number of benzene rings is 1. The van der Waals surface area contributed by atoms with E-state index in [1.807, 2.05) is 13.0 Å². The Bertz CT molecular complexity index is 547. The number of aryl methyl sites for hydroxylation is 2. The zero-order valence-corrected chi connectivity index (χ0v) is 11.0. The van der Waals surface area contributed by atoms with E-state index in [9.17, 15) is 0 Å². The highest BCUT2D eigenvalue weighted by molar-refractivity contribution is 5.70. The highest BCUT2D eigenvalue weighted by Gasteiger charge is 2.16. The monoisotopic (exact) mass is 246 g/mol. The van der Waals surface area contributed by atoms with Crippen LogP contribution in [0.1, 0.15) is 25.2 Å². The minimum absolute atomic E-state index is 0.200. The molecule has 96 valence electrons. The first-order valence-corrected chi connectivity index (χ1v) is 6.12. The van der Waals surface area contributed by atoms with Gasteiger partial charge in [0.25, 0.3) is 6.01 Å². The molecule has 0 bridgehead atoms. The predicted octanol–water partition coefficient (Wildman–Crippen LogP) is 3.06. The molecule has 0 fully saturated rings. The van der Waals surface area contributed by atoms with Crippen molar-refractivity contribution in [2.45, 2.75) is 26.7 Å². The number of nitrogen functional groups attached to an aromatic ring is 1. The number of methoxy groups -OCH3 is 1. The molecule has 0 saturated carbocycles. The Morgan fingerprint density at radius 1 is 1.28 bits per heavy atom. The van der Waals surface area contributed by atoms with Crippen molar-refractivity contribution < 1.29 is 9.15 Å². The number of nitrogens with zero attached hydrogens (tertiary/aromatic N) is 1. The van der Waals surface area contributed by atoms with Crippen molar-refractivity contribution in [2.75, 3.05) is 12.8 Å². The van der Waals surface area contributed by atoms with Crippen LogP contribution in [0, 0.1) is 0 Å². The van der Waals surface area contributed by atoms with Crippen LogP contribution in [-0.2, 0) is 12.8 Å². The zero-order valence-electron chi connectivity index (χ0n) is 11.0. The molecule has 2 rings (SSSR count). The molecule has 0 unspecified atom stereocenters. The summed E-state index contributed by atoms with van der Waals surface area (Å²) in [6.45, 7) is 4.13. The molecule has 1 aromatic heterocycles. The number of anilines is 1. The fourth-order valence-corrected chi connectivity index (χ4v) is 1.98. The first-order chi connectivity index (χ1) is 8.69. The van der Waals surface area contributed by atoms with Crippen molar-refractivity contribution in [3.63, 3.8) is 0 Å². The van der Waals surface area contributed by atoms with E-state index in [-0.39, 0.29) is 6.01 Å². The number of hydrogen-bond donors (Lipinski definition) is 1. The van der Waals surface area contributed by atoms with Gasteiger partial charge < -0.3 is 14.9 Å². The van der Waals surface area contributed by atoms with Crippen molar-refractivity contribution in [1.29, 1.82) is 0 Å². The number of nitrogens with two attached hydrogens (primary N) is 1. The van der Waals surface area contributed by atoms with E-state index >= 15 is 0 Å². The molecule has 18 heavy (non-hydrogen) atoms. The topological polar surface area (TPSA) is 61.3 Å². The number of aromatic nitrogens is 1. The van der Waals surface area contributed by atoms with Crippen LogP contribution in [0.25, 0.3) is 11.3 Å². The lowest BCUT2D eigenvalue weighted by molar-refractivity contribution is 0.416. The van der Waals surface area contributed by atoms with E-state index in [0.29, 0.717) is 0 Å². The summed E-state index contributed by atoms with van der Waals surface area (Å²) in [6, 6.07) is 6.29. The van der Waals surface area contributed by atoms with Gasteiger partial charge in [-0.25, -0.2) is 0 Å². The number of ether oxygens (including phenoxy) is 1. The van der Waals surface area contributed by atoms with Gasteiger partial charge in [0.05, 0.1) is 7.11 Å². The number of oxazole rings is 1. The lowest BCUT2D eigenvalue weighted by atomic mass is 10.0. The highest BCUT2D eigenvalue weighted by atomic mass is 16.5. The Hall–Kier alpha value is -1.97. The van der Waals surface area contributed by atoms with Gasteiger partial charge in [0.2, 0.25) is 0 Å². The summed E-state index contributed by atoms with van der Waals surface area (Å²) in [4.78, 5) is 4.27. The number of rotatable bonds is 4. The van der Waals surface area contributed by atoms with Crippen LogP contribution in [0.4, 0.5) is 6.01 Å². The Morgan fingerprint density at radius 2 is 2.06 bits per heavy atom. The van der Waals surface area contributed by atoms with E-state index in [1.165, 1.54) is 5.56 Å². The van der Waals surface area contributed by atoms with E-state index in [0.717, 1.165) is 35.6 Å². The van der Waals surface area contributed by atoms with Gasteiger partial charge in [-0.1, -0.05) is 19.9 Å². The second kappa shape index (κ2) is 5.12. The standard InChI is InChI=1S/C14H18N2O2/c1-4-9-6-7-12(17-3)10(8-9)13-11(5-2)18-14(15)16-13/h6-8H,4-5H2,1-3H3,(H2,15,16). The maximum Gasteiger partial charge on any atom is 0.292 e. The molecule has 0 saturated heterocycles. The van der Waals surface area contributed by atoms with Crippen molar-refractivity contribution >= 4 is 6.01 Å². The SMILES string of the molecule is CCc1ccc(OC)c(-c2nc(N)oc2CC)c1. The van der Waals surface area contributed by atoms with Crippen molar-refractivity contribution in [3.8, 4) is 17.0 Å². The second-order valence-electron chi connectivity index (χ2n) is 4.07. The summed E-state index contributed by atoms with van der Waals surface area (Å²) in [5.74, 6) is 1.58. The largest absolute Gasteiger partial charge is 0.496 e. The van der Waals surface area contributed by atoms with Gasteiger partial charge in [-0.2, -0.15) is 4.98 Å². The first-order valence-electron chi connectivity index (χ1n) is 6.12. The maximum absolute atomic E-state index is 5.64. The van der Waals surface area contributed by atoms with Gasteiger partial charge in [-0.15, -0.1) is 0 Å². The van der Waals surface area contributed by atoms with Crippen LogP contribution >= 0.6 is 0 Å². The summed E-state index contributed by atoms with van der Waals surface area (Å²) in [7, 11) is 1.65. The third kappa shape index (κ3) is 2.18. The molecule has 0 aliphatic carbocycles. The minimum Gasteiger partial charge on any atom is -0.496 e. The zero-order chi connectivity index (χ0) is 13.1. The van der Waals surface area contributed by atoms with E-state index in [2.05, 4.69) is 24.0 Å². The predicted molar refractivity (Wildman–Crippen MR) is 71.7 cm³/mol. The Balaban J connectivity index is 2.60. The smallest absolute Gasteiger partial charge is 0.292 e. The molecular formula is C14H18N2O2. The molecule has 0 aliphatic rings. The molecule has 2 N–H and O–H groups in total. The second-order valence-corrected chi connectivity index (χ2v) is 4.07. The normalized spacial score (nSPS) is 10.6. The first kappa shape index (κ1) is 12.5. The van der Waals surface area contributed by atoms with Gasteiger partial charge in [-0.05, 0) is 24.1 Å².